The lowest BCUT2D eigenvalue weighted by Crippen LogP contribution is -2.40. The smallest absolute Gasteiger partial charge is 0.261 e. The standard InChI is InChI=1S/C21H21ClIN3O3/c1-3-14(2)26(20(27)13-28-18-10-8-17(23)9-11-18)12-19-24-21(25-29-19)15-4-6-16(22)7-5-15/h4-11,14H,3,12-13H2,1-2H3/t14-/m1/s1. The van der Waals surface area contributed by atoms with Crippen molar-refractivity contribution in [2.24, 2.45) is 0 Å². The molecule has 0 radical (unpaired) electrons. The third-order valence-corrected chi connectivity index (χ3v) is 5.47. The molecular formula is C21H21ClIN3O3. The molecule has 3 rings (SSSR count). The van der Waals surface area contributed by atoms with Gasteiger partial charge in [-0.25, -0.2) is 0 Å². The molecule has 1 heterocycles. The average Bonchev–Trinajstić information content (AvgIpc) is 3.20. The van der Waals surface area contributed by atoms with E-state index in [2.05, 4.69) is 32.7 Å². The molecular weight excluding hydrogens is 505 g/mol. The summed E-state index contributed by atoms with van der Waals surface area (Å²) in [4.78, 5) is 18.9. The van der Waals surface area contributed by atoms with Crippen LogP contribution < -0.4 is 4.74 Å². The van der Waals surface area contributed by atoms with E-state index >= 15 is 0 Å². The number of ether oxygens (including phenoxy) is 1. The number of rotatable bonds is 8. The number of aromatic nitrogens is 2. The van der Waals surface area contributed by atoms with Crippen molar-refractivity contribution in [1.29, 1.82) is 0 Å². The Morgan fingerprint density at radius 1 is 1.21 bits per heavy atom. The van der Waals surface area contributed by atoms with Crippen LogP contribution in [0.5, 0.6) is 5.75 Å². The molecule has 1 aromatic heterocycles. The molecule has 0 spiro atoms. The van der Waals surface area contributed by atoms with Gasteiger partial charge in [-0.3, -0.25) is 4.79 Å². The maximum absolute atomic E-state index is 12.8. The van der Waals surface area contributed by atoms with E-state index in [1.54, 1.807) is 17.0 Å². The van der Waals surface area contributed by atoms with Gasteiger partial charge in [0.25, 0.3) is 5.91 Å². The predicted molar refractivity (Wildman–Crippen MR) is 120 cm³/mol. The number of nitrogens with zero attached hydrogens (tertiary/aromatic N) is 3. The van der Waals surface area contributed by atoms with Gasteiger partial charge in [-0.05, 0) is 84.5 Å². The van der Waals surface area contributed by atoms with Crippen molar-refractivity contribution in [2.75, 3.05) is 6.61 Å². The van der Waals surface area contributed by atoms with Gasteiger partial charge in [0.15, 0.2) is 6.61 Å². The highest BCUT2D eigenvalue weighted by atomic mass is 127. The van der Waals surface area contributed by atoms with Crippen molar-refractivity contribution in [3.05, 3.63) is 63.0 Å². The van der Waals surface area contributed by atoms with Crippen molar-refractivity contribution in [1.82, 2.24) is 15.0 Å². The Labute approximate surface area is 188 Å². The van der Waals surface area contributed by atoms with E-state index in [9.17, 15) is 4.79 Å². The molecule has 0 saturated heterocycles. The van der Waals surface area contributed by atoms with Crippen molar-refractivity contribution >= 4 is 40.1 Å². The Morgan fingerprint density at radius 2 is 1.90 bits per heavy atom. The van der Waals surface area contributed by atoms with Crippen molar-refractivity contribution < 1.29 is 14.1 Å². The molecule has 0 fully saturated rings. The summed E-state index contributed by atoms with van der Waals surface area (Å²) in [5.74, 6) is 1.36. The Bertz CT molecular complexity index is 945. The molecule has 0 saturated carbocycles. The molecule has 6 nitrogen and oxygen atoms in total. The van der Waals surface area contributed by atoms with E-state index in [1.165, 1.54) is 0 Å². The maximum atomic E-state index is 12.8. The van der Waals surface area contributed by atoms with Gasteiger partial charge in [-0.1, -0.05) is 23.7 Å². The minimum Gasteiger partial charge on any atom is -0.484 e. The summed E-state index contributed by atoms with van der Waals surface area (Å²) in [6.07, 6.45) is 0.799. The van der Waals surface area contributed by atoms with E-state index in [4.69, 9.17) is 20.9 Å². The molecule has 2 aromatic carbocycles. The summed E-state index contributed by atoms with van der Waals surface area (Å²) in [7, 11) is 0. The van der Waals surface area contributed by atoms with Gasteiger partial charge in [-0.2, -0.15) is 4.98 Å². The topological polar surface area (TPSA) is 68.5 Å². The van der Waals surface area contributed by atoms with Crippen LogP contribution in [-0.2, 0) is 11.3 Å². The van der Waals surface area contributed by atoms with Crippen LogP contribution in [0.1, 0.15) is 26.2 Å². The van der Waals surface area contributed by atoms with Gasteiger partial charge in [0.2, 0.25) is 11.7 Å². The Kier molecular flexibility index (Phi) is 7.49. The second-order valence-electron chi connectivity index (χ2n) is 6.54. The summed E-state index contributed by atoms with van der Waals surface area (Å²) < 4.78 is 12.1. The van der Waals surface area contributed by atoms with Crippen molar-refractivity contribution in [3.8, 4) is 17.1 Å². The number of hydrogen-bond acceptors (Lipinski definition) is 5. The van der Waals surface area contributed by atoms with Gasteiger partial charge < -0.3 is 14.2 Å². The molecule has 0 N–H and O–H groups in total. The zero-order chi connectivity index (χ0) is 20.8. The molecule has 3 aromatic rings. The molecule has 0 aliphatic rings. The second kappa shape index (κ2) is 10.1. The van der Waals surface area contributed by atoms with Crippen molar-refractivity contribution in [2.45, 2.75) is 32.9 Å². The molecule has 1 atom stereocenters. The maximum Gasteiger partial charge on any atom is 0.261 e. The van der Waals surface area contributed by atoms with Crippen LogP contribution in [0.15, 0.2) is 53.1 Å². The molecule has 8 heteroatoms. The van der Waals surface area contributed by atoms with E-state index in [-0.39, 0.29) is 25.1 Å². The first-order valence-electron chi connectivity index (χ1n) is 9.22. The van der Waals surface area contributed by atoms with Crippen LogP contribution in [0.2, 0.25) is 5.02 Å². The minimum atomic E-state index is -0.135. The first-order chi connectivity index (χ1) is 14.0. The quantitative estimate of drug-likeness (QED) is 0.378. The normalized spacial score (nSPS) is 11.9. The van der Waals surface area contributed by atoms with Gasteiger partial charge in [0.05, 0.1) is 0 Å². The van der Waals surface area contributed by atoms with E-state index in [1.807, 2.05) is 50.2 Å². The SMILES string of the molecule is CC[C@@H](C)N(Cc1nc(-c2ccc(Cl)cc2)no1)C(=O)COc1ccc(I)cc1. The number of carbonyl (C=O) groups excluding carboxylic acids is 1. The second-order valence-corrected chi connectivity index (χ2v) is 8.22. The third-order valence-electron chi connectivity index (χ3n) is 4.50. The predicted octanol–water partition coefficient (Wildman–Crippen LogP) is 5.20. The number of carbonyl (C=O) groups is 1. The number of halogens is 2. The first kappa shape index (κ1) is 21.6. The van der Waals surface area contributed by atoms with Crippen LogP contribution in [0.3, 0.4) is 0 Å². The average molecular weight is 526 g/mol. The lowest BCUT2D eigenvalue weighted by molar-refractivity contribution is -0.136. The fraction of sp³-hybridized carbons (Fsp3) is 0.286. The molecule has 0 bridgehead atoms. The van der Waals surface area contributed by atoms with Crippen LogP contribution in [0, 0.1) is 3.57 Å². The lowest BCUT2D eigenvalue weighted by atomic mass is 10.2. The molecule has 1 amide bonds. The van der Waals surface area contributed by atoms with Gasteiger partial charge >= 0.3 is 0 Å². The highest BCUT2D eigenvalue weighted by molar-refractivity contribution is 14.1. The Balaban J connectivity index is 1.68. The first-order valence-corrected chi connectivity index (χ1v) is 10.7. The summed E-state index contributed by atoms with van der Waals surface area (Å²) in [5.41, 5.74) is 0.799. The largest absolute Gasteiger partial charge is 0.484 e. The van der Waals surface area contributed by atoms with E-state index in [0.717, 1.165) is 15.6 Å². The summed E-state index contributed by atoms with van der Waals surface area (Å²) in [6.45, 7) is 4.19. The van der Waals surface area contributed by atoms with Crippen LogP contribution in [0.4, 0.5) is 0 Å². The highest BCUT2D eigenvalue weighted by Crippen LogP contribution is 2.20. The number of hydrogen-bond donors (Lipinski definition) is 0. The van der Waals surface area contributed by atoms with E-state index < -0.39 is 0 Å². The van der Waals surface area contributed by atoms with Gasteiger partial charge in [0.1, 0.15) is 12.3 Å². The van der Waals surface area contributed by atoms with Crippen LogP contribution in [0.25, 0.3) is 11.4 Å². The lowest BCUT2D eigenvalue weighted by Gasteiger charge is -2.27. The number of amides is 1. The Hall–Kier alpha value is -2.13. The van der Waals surface area contributed by atoms with E-state index in [0.29, 0.717) is 22.5 Å². The fourth-order valence-corrected chi connectivity index (χ4v) is 3.14. The fourth-order valence-electron chi connectivity index (χ4n) is 2.65. The van der Waals surface area contributed by atoms with Gasteiger partial charge in [0, 0.05) is 20.2 Å². The van der Waals surface area contributed by atoms with Crippen LogP contribution in [-0.4, -0.2) is 33.6 Å². The highest BCUT2D eigenvalue weighted by Gasteiger charge is 2.23. The zero-order valence-electron chi connectivity index (χ0n) is 16.1. The molecule has 0 unspecified atom stereocenters. The molecule has 152 valence electrons. The monoisotopic (exact) mass is 525 g/mol. The van der Waals surface area contributed by atoms with Crippen LogP contribution >= 0.6 is 34.2 Å². The number of benzene rings is 2. The summed E-state index contributed by atoms with van der Waals surface area (Å²) in [5, 5.41) is 4.65. The molecule has 0 aliphatic carbocycles. The zero-order valence-corrected chi connectivity index (χ0v) is 19.1. The Morgan fingerprint density at radius 3 is 2.55 bits per heavy atom. The molecule has 29 heavy (non-hydrogen) atoms. The minimum absolute atomic E-state index is 0.00806. The molecule has 0 aliphatic heterocycles. The summed E-state index contributed by atoms with van der Waals surface area (Å²) >= 11 is 8.14. The third kappa shape index (κ3) is 5.93. The van der Waals surface area contributed by atoms with Gasteiger partial charge in [-0.15, -0.1) is 0 Å². The van der Waals surface area contributed by atoms with Crippen molar-refractivity contribution in [3.63, 3.8) is 0 Å². The summed E-state index contributed by atoms with van der Waals surface area (Å²) in [6, 6.07) is 14.7.